The highest BCUT2D eigenvalue weighted by Gasteiger charge is 2.42. The lowest BCUT2D eigenvalue weighted by Gasteiger charge is -2.31. The molecule has 0 aromatic rings. The van der Waals surface area contributed by atoms with Crippen molar-refractivity contribution in [2.45, 2.75) is 31.7 Å². The minimum atomic E-state index is -0.682. The second-order valence-corrected chi connectivity index (χ2v) is 5.47. The summed E-state index contributed by atoms with van der Waals surface area (Å²) in [7, 11) is 5.00. The smallest absolute Gasteiger partial charge is 0.239 e. The number of ether oxygens (including phenoxy) is 1. The van der Waals surface area contributed by atoms with Crippen LogP contribution in [0.15, 0.2) is 0 Å². The quantitative estimate of drug-likeness (QED) is 0.696. The Labute approximate surface area is 114 Å². The number of carbonyl (C=O) groups is 2. The van der Waals surface area contributed by atoms with E-state index in [4.69, 9.17) is 10.5 Å². The van der Waals surface area contributed by atoms with Crippen molar-refractivity contribution in [2.75, 3.05) is 34.4 Å². The molecule has 1 fully saturated rings. The molecule has 19 heavy (non-hydrogen) atoms. The van der Waals surface area contributed by atoms with Crippen LogP contribution in [-0.4, -0.2) is 57.1 Å². The van der Waals surface area contributed by atoms with Crippen molar-refractivity contribution in [3.05, 3.63) is 0 Å². The Morgan fingerprint density at radius 1 is 1.37 bits per heavy atom. The highest BCUT2D eigenvalue weighted by molar-refractivity contribution is 5.85. The van der Waals surface area contributed by atoms with Gasteiger partial charge < -0.3 is 20.7 Å². The summed E-state index contributed by atoms with van der Waals surface area (Å²) < 4.78 is 4.85. The summed E-state index contributed by atoms with van der Waals surface area (Å²) in [4.78, 5) is 25.7. The molecule has 3 N–H and O–H groups in total. The molecule has 0 saturated heterocycles. The Morgan fingerprint density at radius 2 is 1.95 bits per heavy atom. The van der Waals surface area contributed by atoms with Crippen molar-refractivity contribution in [1.29, 1.82) is 0 Å². The van der Waals surface area contributed by atoms with Crippen LogP contribution in [0.5, 0.6) is 0 Å². The lowest BCUT2D eigenvalue weighted by Crippen LogP contribution is -2.50. The van der Waals surface area contributed by atoms with Crippen LogP contribution >= 0.6 is 0 Å². The molecule has 0 spiro atoms. The number of rotatable bonds is 6. The first-order valence-corrected chi connectivity index (χ1v) is 6.67. The number of nitrogens with zero attached hydrogens (tertiary/aromatic N) is 1. The minimum Gasteiger partial charge on any atom is -0.383 e. The van der Waals surface area contributed by atoms with E-state index in [0.29, 0.717) is 6.54 Å². The molecule has 1 rings (SSSR count). The van der Waals surface area contributed by atoms with Gasteiger partial charge in [0, 0.05) is 27.7 Å². The summed E-state index contributed by atoms with van der Waals surface area (Å²) in [6, 6.07) is -0.682. The molecule has 0 heterocycles. The standard InChI is InChI=1S/C13H25N3O3/c1-16(2)12(18)13(6-4-5-7-13)9-15-11(17)10(14)8-19-3/h10H,4-9,14H2,1-3H3,(H,15,17). The highest BCUT2D eigenvalue weighted by atomic mass is 16.5. The number of carbonyl (C=O) groups excluding carboxylic acids is 2. The molecule has 110 valence electrons. The molecule has 1 aliphatic rings. The van der Waals surface area contributed by atoms with Gasteiger partial charge in [-0.1, -0.05) is 12.8 Å². The van der Waals surface area contributed by atoms with E-state index in [2.05, 4.69) is 5.32 Å². The van der Waals surface area contributed by atoms with E-state index in [1.165, 1.54) is 7.11 Å². The molecule has 1 unspecified atom stereocenters. The van der Waals surface area contributed by atoms with Crippen LogP contribution in [0.2, 0.25) is 0 Å². The Kier molecular flexibility index (Phi) is 5.75. The van der Waals surface area contributed by atoms with Crippen LogP contribution in [0.25, 0.3) is 0 Å². The molecule has 0 aromatic heterocycles. The fraction of sp³-hybridized carbons (Fsp3) is 0.846. The summed E-state index contributed by atoms with van der Waals surface area (Å²) >= 11 is 0. The van der Waals surface area contributed by atoms with Gasteiger partial charge in [0.25, 0.3) is 0 Å². The second-order valence-electron chi connectivity index (χ2n) is 5.47. The summed E-state index contributed by atoms with van der Waals surface area (Å²) in [5.74, 6) is -0.176. The van der Waals surface area contributed by atoms with E-state index in [-0.39, 0.29) is 18.4 Å². The van der Waals surface area contributed by atoms with Gasteiger partial charge in [-0.05, 0) is 12.8 Å². The topological polar surface area (TPSA) is 84.7 Å². The first-order valence-electron chi connectivity index (χ1n) is 6.67. The van der Waals surface area contributed by atoms with Crippen LogP contribution in [-0.2, 0) is 14.3 Å². The van der Waals surface area contributed by atoms with E-state index < -0.39 is 11.5 Å². The maximum Gasteiger partial charge on any atom is 0.239 e. The highest BCUT2D eigenvalue weighted by Crippen LogP contribution is 2.38. The molecule has 0 aliphatic heterocycles. The Bertz CT molecular complexity index is 325. The van der Waals surface area contributed by atoms with E-state index >= 15 is 0 Å². The normalized spacial score (nSPS) is 18.9. The summed E-state index contributed by atoms with van der Waals surface area (Å²) in [5.41, 5.74) is 5.21. The van der Waals surface area contributed by atoms with Gasteiger partial charge in [0.2, 0.25) is 11.8 Å². The van der Waals surface area contributed by atoms with Crippen LogP contribution < -0.4 is 11.1 Å². The number of nitrogens with one attached hydrogen (secondary N) is 1. The third-order valence-corrected chi connectivity index (χ3v) is 3.70. The SMILES string of the molecule is COCC(N)C(=O)NCC1(C(=O)N(C)C)CCCC1. The van der Waals surface area contributed by atoms with Crippen LogP contribution in [0.3, 0.4) is 0 Å². The predicted molar refractivity (Wildman–Crippen MR) is 72.5 cm³/mol. The van der Waals surface area contributed by atoms with Gasteiger partial charge in [0.1, 0.15) is 6.04 Å². The zero-order valence-electron chi connectivity index (χ0n) is 12.1. The number of methoxy groups -OCH3 is 1. The van der Waals surface area contributed by atoms with Gasteiger partial charge in [-0.25, -0.2) is 0 Å². The lowest BCUT2D eigenvalue weighted by molar-refractivity contribution is -0.139. The summed E-state index contributed by atoms with van der Waals surface area (Å²) in [6.07, 6.45) is 3.70. The first kappa shape index (κ1) is 15.9. The van der Waals surface area contributed by atoms with Crippen molar-refractivity contribution >= 4 is 11.8 Å². The molecular formula is C13H25N3O3. The predicted octanol–water partition coefficient (Wildman–Crippen LogP) is -0.275. The van der Waals surface area contributed by atoms with Crippen molar-refractivity contribution in [3.8, 4) is 0 Å². The lowest BCUT2D eigenvalue weighted by atomic mass is 9.84. The fourth-order valence-corrected chi connectivity index (χ4v) is 2.64. The number of nitrogens with two attached hydrogens (primary N) is 1. The summed E-state index contributed by atoms with van der Waals surface area (Å²) in [5, 5.41) is 2.79. The van der Waals surface area contributed by atoms with Crippen molar-refractivity contribution < 1.29 is 14.3 Å². The Hall–Kier alpha value is -1.14. The molecule has 0 aromatic carbocycles. The molecule has 1 aliphatic carbocycles. The third-order valence-electron chi connectivity index (χ3n) is 3.70. The van der Waals surface area contributed by atoms with Gasteiger partial charge in [-0.3, -0.25) is 9.59 Å². The number of hydrogen-bond donors (Lipinski definition) is 2. The summed E-state index contributed by atoms with van der Waals surface area (Å²) in [6.45, 7) is 0.542. The van der Waals surface area contributed by atoms with Crippen LogP contribution in [0.4, 0.5) is 0 Å². The number of amides is 2. The molecule has 1 atom stereocenters. The van der Waals surface area contributed by atoms with Crippen LogP contribution in [0.1, 0.15) is 25.7 Å². The van der Waals surface area contributed by atoms with Gasteiger partial charge >= 0.3 is 0 Å². The second kappa shape index (κ2) is 6.86. The third kappa shape index (κ3) is 3.91. The Morgan fingerprint density at radius 3 is 2.42 bits per heavy atom. The van der Waals surface area contributed by atoms with E-state index in [1.54, 1.807) is 19.0 Å². The molecule has 0 bridgehead atoms. The maximum atomic E-state index is 12.3. The molecule has 6 heteroatoms. The van der Waals surface area contributed by atoms with Gasteiger partial charge in [0.05, 0.1) is 12.0 Å². The van der Waals surface area contributed by atoms with Crippen molar-refractivity contribution in [2.24, 2.45) is 11.1 Å². The fourth-order valence-electron chi connectivity index (χ4n) is 2.64. The van der Waals surface area contributed by atoms with E-state index in [1.807, 2.05) is 0 Å². The minimum absolute atomic E-state index is 0.0885. The monoisotopic (exact) mass is 271 g/mol. The number of hydrogen-bond acceptors (Lipinski definition) is 4. The van der Waals surface area contributed by atoms with Crippen molar-refractivity contribution in [1.82, 2.24) is 10.2 Å². The van der Waals surface area contributed by atoms with Crippen LogP contribution in [0, 0.1) is 5.41 Å². The maximum absolute atomic E-state index is 12.3. The zero-order chi connectivity index (χ0) is 14.5. The largest absolute Gasteiger partial charge is 0.383 e. The zero-order valence-corrected chi connectivity index (χ0v) is 12.1. The average molecular weight is 271 g/mol. The van der Waals surface area contributed by atoms with Gasteiger partial charge in [0.15, 0.2) is 0 Å². The first-order chi connectivity index (χ1) is 8.93. The van der Waals surface area contributed by atoms with Gasteiger partial charge in [-0.15, -0.1) is 0 Å². The van der Waals surface area contributed by atoms with E-state index in [0.717, 1.165) is 25.7 Å². The van der Waals surface area contributed by atoms with Crippen molar-refractivity contribution in [3.63, 3.8) is 0 Å². The molecule has 2 amide bonds. The van der Waals surface area contributed by atoms with Gasteiger partial charge in [-0.2, -0.15) is 0 Å². The molecule has 6 nitrogen and oxygen atoms in total. The molecular weight excluding hydrogens is 246 g/mol. The molecule has 0 radical (unpaired) electrons. The molecule has 1 saturated carbocycles. The van der Waals surface area contributed by atoms with E-state index in [9.17, 15) is 9.59 Å². The average Bonchev–Trinajstić information content (AvgIpc) is 2.85. The Balaban J connectivity index is 2.60.